The van der Waals surface area contributed by atoms with Crippen LogP contribution < -0.4 is 0 Å². The number of hydrogen-bond donors (Lipinski definition) is 0. The Kier molecular flexibility index (Phi) is 107000. The molecule has 0 rings (SSSR count). The van der Waals surface area contributed by atoms with Crippen LogP contribution in [0.4, 0.5) is 18.8 Å². The van der Waals surface area contributed by atoms with E-state index in [4.69, 9.17) is 0 Å². The zero-order valence-electron chi connectivity index (χ0n) is 2.45. The molecule has 0 spiro atoms. The number of rotatable bonds is 0. The van der Waals surface area contributed by atoms with E-state index in [-0.39, 0.29) is 45.8 Å². The Balaban J connectivity index is 0. The molecule has 0 unspecified atom stereocenters. The molecule has 0 heterocycles. The molecule has 0 fully saturated rings. The molecule has 44 valence electrons. The van der Waals surface area contributed by atoms with Crippen molar-refractivity contribution in [3.05, 3.63) is 0 Å². The van der Waals surface area contributed by atoms with E-state index in [1.165, 1.54) is 0 Å². The topological polar surface area (TPSA) is 0 Å². The van der Waals surface area contributed by atoms with E-state index in [2.05, 4.69) is 0 Å². The molecule has 0 N–H and O–H groups in total. The molecule has 0 aromatic heterocycles. The summed E-state index contributed by atoms with van der Waals surface area (Å²) in [6, 6.07) is 0. The first-order valence-corrected chi connectivity index (χ1v) is 0. The molecule has 0 aliphatic carbocycles. The fourth-order valence-electron chi connectivity index (χ4n) is 0. The van der Waals surface area contributed by atoms with E-state index in [0.29, 0.717) is 0 Å². The molecule has 0 aromatic rings. The normalized spacial score (nSPS) is 0. The van der Waals surface area contributed by atoms with Gasteiger partial charge >= 0.3 is 0 Å². The van der Waals surface area contributed by atoms with Crippen molar-refractivity contribution < 1.29 is 18.8 Å². The van der Waals surface area contributed by atoms with Crippen LogP contribution >= 0.6 is 27.0 Å². The van der Waals surface area contributed by atoms with Crippen molar-refractivity contribution in [2.45, 2.75) is 0 Å². The minimum absolute atomic E-state index is 0. The van der Waals surface area contributed by atoms with Gasteiger partial charge in [0.15, 0.2) is 0 Å². The SMILES string of the molecule is F.F.F.F.[S].[S]. The molecule has 0 atom stereocenters. The van der Waals surface area contributed by atoms with E-state index in [0.717, 1.165) is 0 Å². The minimum atomic E-state index is 0. The van der Waals surface area contributed by atoms with E-state index in [9.17, 15) is 0 Å². The molecule has 0 aliphatic rings. The van der Waals surface area contributed by atoms with Gasteiger partial charge in [-0.15, -0.1) is 0 Å². The smallest absolute Gasteiger partial charge is 0 e. The van der Waals surface area contributed by atoms with Crippen LogP contribution in [0, 0.1) is 0 Å². The Morgan fingerprint density at radius 2 is 0.333 bits per heavy atom. The highest BCUT2D eigenvalue weighted by Crippen LogP contribution is 0.649. The van der Waals surface area contributed by atoms with Crippen molar-refractivity contribution in [2.24, 2.45) is 0 Å². The maximum atomic E-state index is 0. The molecule has 0 nitrogen and oxygen atoms in total. The fourth-order valence-corrected chi connectivity index (χ4v) is 0. The van der Waals surface area contributed by atoms with Crippen LogP contribution in [0.15, 0.2) is 0 Å². The first-order valence-electron chi connectivity index (χ1n) is 0. The van der Waals surface area contributed by atoms with Crippen LogP contribution in [0.1, 0.15) is 0 Å². The van der Waals surface area contributed by atoms with Gasteiger partial charge in [0.2, 0.25) is 0 Å². The molecule has 6 heavy (non-hydrogen) atoms. The Morgan fingerprint density at radius 1 is 0.333 bits per heavy atom. The zero-order chi connectivity index (χ0) is 0. The summed E-state index contributed by atoms with van der Waals surface area (Å²) in [5, 5.41) is 0. The van der Waals surface area contributed by atoms with Crippen molar-refractivity contribution in [1.82, 2.24) is 0 Å². The highest BCUT2D eigenvalue weighted by Gasteiger charge is 0.00103. The van der Waals surface area contributed by atoms with Gasteiger partial charge in [-0.2, -0.15) is 0 Å². The van der Waals surface area contributed by atoms with Gasteiger partial charge in [0.1, 0.15) is 0 Å². The molecule has 0 amide bonds. The van der Waals surface area contributed by atoms with Crippen LogP contribution in [0.3, 0.4) is 0 Å². The minimum Gasteiger partial charge on any atom is -0.269 e. The quantitative estimate of drug-likeness (QED) is 0.455. The lowest BCUT2D eigenvalue weighted by molar-refractivity contribution is 1.11. The molecular formula is H4F4S2. The fraction of sp³-hybridized carbons (Fsp3) is 0. The van der Waals surface area contributed by atoms with Gasteiger partial charge in [-0.1, -0.05) is 0 Å². The Bertz CT molecular complexity index is 5.51. The largest absolute Gasteiger partial charge is 0.269 e. The second kappa shape index (κ2) is 600. The van der Waals surface area contributed by atoms with Gasteiger partial charge in [-0.25, -0.2) is 0 Å². The average molecular weight is 144 g/mol. The predicted octanol–water partition coefficient (Wildman–Crippen LogP) is 1.91. The van der Waals surface area contributed by atoms with E-state index < -0.39 is 0 Å². The second-order valence-electron chi connectivity index (χ2n) is 0. The van der Waals surface area contributed by atoms with Gasteiger partial charge in [0, 0.05) is 27.0 Å². The van der Waals surface area contributed by atoms with Crippen LogP contribution in [-0.4, -0.2) is 0 Å². The van der Waals surface area contributed by atoms with Gasteiger partial charge in [0.05, 0.1) is 0 Å². The molecule has 6 heteroatoms. The molecule has 0 aliphatic heterocycles. The maximum absolute atomic E-state index is 0. The standard InChI is InChI=1S/4FH.2S/h4*1H;;. The first kappa shape index (κ1) is 1070. The Labute approximate surface area is 46.7 Å². The molecular weight excluding hydrogens is 140 g/mol. The van der Waals surface area contributed by atoms with Crippen molar-refractivity contribution in [1.29, 1.82) is 0 Å². The molecule has 0 saturated carbocycles. The van der Waals surface area contributed by atoms with Crippen molar-refractivity contribution in [3.8, 4) is 0 Å². The van der Waals surface area contributed by atoms with Gasteiger partial charge in [-0.05, 0) is 0 Å². The maximum Gasteiger partial charge on any atom is 0 e. The average Bonchev–Trinajstić information content (AvgIpc) is 0. The van der Waals surface area contributed by atoms with E-state index in [1.54, 1.807) is 0 Å². The summed E-state index contributed by atoms with van der Waals surface area (Å²) >= 11 is 0. The highest BCUT2D eigenvalue weighted by molar-refractivity contribution is 7.59. The lowest BCUT2D eigenvalue weighted by Gasteiger charge is -0.270. The number of halogens is 4. The van der Waals surface area contributed by atoms with Crippen LogP contribution in [0.2, 0.25) is 0 Å². The summed E-state index contributed by atoms with van der Waals surface area (Å²) in [5.74, 6) is 0. The summed E-state index contributed by atoms with van der Waals surface area (Å²) < 4.78 is 0. The third-order valence-electron chi connectivity index (χ3n) is 0. The molecule has 0 saturated heterocycles. The third kappa shape index (κ3) is 293. The Morgan fingerprint density at radius 3 is 0.333 bits per heavy atom. The van der Waals surface area contributed by atoms with Crippen LogP contribution in [0.25, 0.3) is 0 Å². The monoisotopic (exact) mass is 144 g/mol. The number of hydrogen-bond acceptors (Lipinski definition) is 0. The van der Waals surface area contributed by atoms with E-state index >= 15 is 0 Å². The zero-order valence-corrected chi connectivity index (χ0v) is 4.08. The van der Waals surface area contributed by atoms with Crippen molar-refractivity contribution in [3.63, 3.8) is 0 Å². The molecule has 0 bridgehead atoms. The van der Waals surface area contributed by atoms with Gasteiger partial charge in [-0.3, -0.25) is 18.8 Å². The van der Waals surface area contributed by atoms with E-state index in [1.807, 2.05) is 0 Å². The van der Waals surface area contributed by atoms with Crippen molar-refractivity contribution in [2.75, 3.05) is 0 Å². The lowest BCUT2D eigenvalue weighted by Crippen LogP contribution is 0.419. The van der Waals surface area contributed by atoms with Crippen molar-refractivity contribution >= 4 is 27.0 Å². The first-order chi connectivity index (χ1) is 0. The Hall–Kier alpha value is 0.420. The van der Waals surface area contributed by atoms with Crippen LogP contribution in [-0.2, 0) is 0 Å². The highest BCUT2D eigenvalue weighted by atomic mass is 32.1. The van der Waals surface area contributed by atoms with Crippen LogP contribution in [0.5, 0.6) is 0 Å². The third-order valence-corrected chi connectivity index (χ3v) is 0. The van der Waals surface area contributed by atoms with Gasteiger partial charge < -0.3 is 0 Å². The summed E-state index contributed by atoms with van der Waals surface area (Å²) in [4.78, 5) is 0. The lowest BCUT2D eigenvalue weighted by atomic mass is 19.0. The molecule has 0 aromatic carbocycles. The van der Waals surface area contributed by atoms with Gasteiger partial charge in [0.25, 0.3) is 0 Å². The summed E-state index contributed by atoms with van der Waals surface area (Å²) in [5.41, 5.74) is 0. The predicted molar refractivity (Wildman–Crippen MR) is 25.2 cm³/mol. The second-order valence-corrected chi connectivity index (χ2v) is 0. The summed E-state index contributed by atoms with van der Waals surface area (Å²) in [6.45, 7) is 0. The molecule has 4 radical (unpaired) electrons. The summed E-state index contributed by atoms with van der Waals surface area (Å²) in [7, 11) is 0. The summed E-state index contributed by atoms with van der Waals surface area (Å²) in [6.07, 6.45) is 0.